The average molecular weight is 371 g/mol. The SMILES string of the molecule is Clc1c(Br)c(Br)c(Cl)c2c1C1C=CC2O1. The van der Waals surface area contributed by atoms with Gasteiger partial charge in [-0.05, 0) is 31.9 Å². The van der Waals surface area contributed by atoms with Gasteiger partial charge in [0.05, 0.1) is 19.0 Å². The molecule has 0 aromatic heterocycles. The Morgan fingerprint density at radius 3 is 1.73 bits per heavy atom. The minimum atomic E-state index is -0.0422. The van der Waals surface area contributed by atoms with E-state index in [1.54, 1.807) is 0 Å². The Labute approximate surface area is 114 Å². The molecule has 0 aliphatic carbocycles. The standard InChI is InChI=1S/C10H4Br2Cl2O/c11-7-8(12)10(14)6-4-2-1-3(15-4)5(6)9(7)13/h1-4H. The van der Waals surface area contributed by atoms with Crippen LogP contribution in [0.1, 0.15) is 23.3 Å². The number of ether oxygens (including phenoxy) is 1. The Kier molecular flexibility index (Phi) is 2.46. The molecule has 0 saturated carbocycles. The van der Waals surface area contributed by atoms with Gasteiger partial charge in [0.15, 0.2) is 0 Å². The molecule has 2 aliphatic rings. The fourth-order valence-corrected chi connectivity index (χ4v) is 3.66. The van der Waals surface area contributed by atoms with Gasteiger partial charge in [-0.15, -0.1) is 0 Å². The van der Waals surface area contributed by atoms with Crippen LogP contribution >= 0.6 is 55.1 Å². The predicted molar refractivity (Wildman–Crippen MR) is 67.6 cm³/mol. The molecule has 2 heterocycles. The van der Waals surface area contributed by atoms with E-state index in [2.05, 4.69) is 31.9 Å². The van der Waals surface area contributed by atoms with Crippen molar-refractivity contribution >= 4 is 55.1 Å². The lowest BCUT2D eigenvalue weighted by Crippen LogP contribution is -1.97. The van der Waals surface area contributed by atoms with Crippen LogP contribution in [0.25, 0.3) is 0 Å². The highest BCUT2D eigenvalue weighted by Gasteiger charge is 2.39. The Balaban J connectivity index is 2.38. The summed E-state index contributed by atoms with van der Waals surface area (Å²) in [6.07, 6.45) is 3.93. The van der Waals surface area contributed by atoms with E-state index in [9.17, 15) is 0 Å². The third kappa shape index (κ3) is 1.31. The molecule has 2 unspecified atom stereocenters. The number of fused-ring (bicyclic) bond motifs is 5. The quantitative estimate of drug-likeness (QED) is 0.346. The summed E-state index contributed by atoms with van der Waals surface area (Å²) in [5.74, 6) is 0. The molecule has 5 heteroatoms. The van der Waals surface area contributed by atoms with Crippen LogP contribution in [0.4, 0.5) is 0 Å². The van der Waals surface area contributed by atoms with Crippen molar-refractivity contribution in [3.8, 4) is 0 Å². The molecule has 0 N–H and O–H groups in total. The zero-order valence-electron chi connectivity index (χ0n) is 7.23. The highest BCUT2D eigenvalue weighted by molar-refractivity contribution is 9.13. The van der Waals surface area contributed by atoms with Crippen LogP contribution in [-0.4, -0.2) is 0 Å². The van der Waals surface area contributed by atoms with Gasteiger partial charge in [-0.2, -0.15) is 0 Å². The van der Waals surface area contributed by atoms with Gasteiger partial charge >= 0.3 is 0 Å². The summed E-state index contributed by atoms with van der Waals surface area (Å²) >= 11 is 19.3. The zero-order chi connectivity index (χ0) is 10.7. The molecule has 1 aromatic carbocycles. The maximum atomic E-state index is 6.26. The minimum Gasteiger partial charge on any atom is -0.357 e. The molecule has 2 aliphatic heterocycles. The van der Waals surface area contributed by atoms with Crippen LogP contribution in [0.2, 0.25) is 10.0 Å². The van der Waals surface area contributed by atoms with Crippen molar-refractivity contribution in [3.05, 3.63) is 42.3 Å². The van der Waals surface area contributed by atoms with E-state index in [0.29, 0.717) is 10.0 Å². The summed E-state index contributed by atoms with van der Waals surface area (Å²) in [5, 5.41) is 1.36. The summed E-state index contributed by atoms with van der Waals surface area (Å²) in [6, 6.07) is 0. The Morgan fingerprint density at radius 2 is 1.33 bits per heavy atom. The first-order valence-corrected chi connectivity index (χ1v) is 6.65. The first-order valence-electron chi connectivity index (χ1n) is 4.30. The van der Waals surface area contributed by atoms with Crippen LogP contribution in [0.3, 0.4) is 0 Å². The van der Waals surface area contributed by atoms with Gasteiger partial charge < -0.3 is 4.74 Å². The van der Waals surface area contributed by atoms with Gasteiger partial charge in [0.1, 0.15) is 12.2 Å². The summed E-state index contributed by atoms with van der Waals surface area (Å²) < 4.78 is 7.27. The highest BCUT2D eigenvalue weighted by atomic mass is 79.9. The maximum absolute atomic E-state index is 6.26. The molecule has 0 fully saturated rings. The molecule has 3 rings (SSSR count). The molecule has 0 amide bonds. The molecule has 0 spiro atoms. The van der Waals surface area contributed by atoms with Gasteiger partial charge in [-0.1, -0.05) is 35.4 Å². The molecule has 78 valence electrons. The molecule has 2 atom stereocenters. The normalized spacial score (nSPS) is 26.1. The molecule has 2 bridgehead atoms. The molecule has 0 radical (unpaired) electrons. The van der Waals surface area contributed by atoms with Gasteiger partial charge in [0.25, 0.3) is 0 Å². The number of benzene rings is 1. The first-order chi connectivity index (χ1) is 7.11. The number of hydrogen-bond donors (Lipinski definition) is 0. The second kappa shape index (κ2) is 3.47. The Bertz CT molecular complexity index is 456. The Morgan fingerprint density at radius 1 is 0.933 bits per heavy atom. The van der Waals surface area contributed by atoms with Gasteiger partial charge in [0.2, 0.25) is 0 Å². The molecule has 1 aromatic rings. The predicted octanol–water partition coefficient (Wildman–Crippen LogP) is 5.20. The number of halogens is 4. The van der Waals surface area contributed by atoms with E-state index in [-0.39, 0.29) is 12.2 Å². The summed E-state index contributed by atoms with van der Waals surface area (Å²) in [7, 11) is 0. The zero-order valence-corrected chi connectivity index (χ0v) is 11.9. The van der Waals surface area contributed by atoms with Gasteiger partial charge in [0, 0.05) is 11.1 Å². The fraction of sp³-hybridized carbons (Fsp3) is 0.200. The summed E-state index contributed by atoms with van der Waals surface area (Å²) in [4.78, 5) is 0. The largest absolute Gasteiger partial charge is 0.357 e. The van der Waals surface area contributed by atoms with E-state index in [0.717, 1.165) is 20.1 Å². The monoisotopic (exact) mass is 368 g/mol. The maximum Gasteiger partial charge on any atom is 0.104 e. The van der Waals surface area contributed by atoms with Crippen molar-refractivity contribution in [1.82, 2.24) is 0 Å². The molecule has 1 nitrogen and oxygen atoms in total. The summed E-state index contributed by atoms with van der Waals surface area (Å²) in [6.45, 7) is 0. The van der Waals surface area contributed by atoms with Crippen LogP contribution < -0.4 is 0 Å². The van der Waals surface area contributed by atoms with Crippen molar-refractivity contribution in [2.45, 2.75) is 12.2 Å². The fourth-order valence-electron chi connectivity index (χ4n) is 2.00. The van der Waals surface area contributed by atoms with Crippen molar-refractivity contribution in [2.24, 2.45) is 0 Å². The third-order valence-corrected chi connectivity index (χ3v) is 6.02. The van der Waals surface area contributed by atoms with Crippen molar-refractivity contribution in [3.63, 3.8) is 0 Å². The highest BCUT2D eigenvalue weighted by Crippen LogP contribution is 2.55. The lowest BCUT2D eigenvalue weighted by molar-refractivity contribution is 0.0879. The first kappa shape index (κ1) is 10.6. The van der Waals surface area contributed by atoms with Crippen molar-refractivity contribution in [1.29, 1.82) is 0 Å². The lowest BCUT2D eigenvalue weighted by Gasteiger charge is -2.14. The molecule has 0 saturated heterocycles. The minimum absolute atomic E-state index is 0.0422. The molecule has 15 heavy (non-hydrogen) atoms. The van der Waals surface area contributed by atoms with Crippen LogP contribution in [0.15, 0.2) is 21.1 Å². The lowest BCUT2D eigenvalue weighted by atomic mass is 9.97. The third-order valence-electron chi connectivity index (χ3n) is 2.66. The van der Waals surface area contributed by atoms with E-state index >= 15 is 0 Å². The van der Waals surface area contributed by atoms with E-state index in [1.807, 2.05) is 12.2 Å². The smallest absolute Gasteiger partial charge is 0.104 e. The second-order valence-corrected chi connectivity index (χ2v) is 5.79. The second-order valence-electron chi connectivity index (χ2n) is 3.45. The van der Waals surface area contributed by atoms with E-state index in [1.165, 1.54) is 0 Å². The molecular weight excluding hydrogens is 367 g/mol. The van der Waals surface area contributed by atoms with Crippen LogP contribution in [0.5, 0.6) is 0 Å². The van der Waals surface area contributed by atoms with E-state index in [4.69, 9.17) is 27.9 Å². The van der Waals surface area contributed by atoms with Gasteiger partial charge in [-0.3, -0.25) is 0 Å². The van der Waals surface area contributed by atoms with Crippen LogP contribution in [0, 0.1) is 0 Å². The van der Waals surface area contributed by atoms with Crippen LogP contribution in [-0.2, 0) is 4.74 Å². The topological polar surface area (TPSA) is 9.23 Å². The van der Waals surface area contributed by atoms with Crippen molar-refractivity contribution < 1.29 is 4.74 Å². The number of rotatable bonds is 0. The van der Waals surface area contributed by atoms with Gasteiger partial charge in [-0.25, -0.2) is 0 Å². The van der Waals surface area contributed by atoms with Crippen molar-refractivity contribution in [2.75, 3.05) is 0 Å². The van der Waals surface area contributed by atoms with E-state index < -0.39 is 0 Å². The Hall–Kier alpha value is 0.460. The number of hydrogen-bond acceptors (Lipinski definition) is 1. The molecular formula is C10H4Br2Cl2O. The summed E-state index contributed by atoms with van der Waals surface area (Å²) in [5.41, 5.74) is 1.98. The average Bonchev–Trinajstić information content (AvgIpc) is 2.82.